The van der Waals surface area contributed by atoms with Crippen LogP contribution in [0.5, 0.6) is 0 Å². The SMILES string of the molecule is CCC(CO)c1ccccc1N(C)C. The van der Waals surface area contributed by atoms with E-state index in [-0.39, 0.29) is 12.5 Å². The molecule has 0 heterocycles. The molecule has 1 atom stereocenters. The standard InChI is InChI=1S/C12H19NO/c1-4-10(9-14)11-7-5-6-8-12(11)13(2)3/h5-8,10,14H,4,9H2,1-3H3. The summed E-state index contributed by atoms with van der Waals surface area (Å²) in [7, 11) is 4.06. The van der Waals surface area contributed by atoms with Crippen LogP contribution in [0.15, 0.2) is 24.3 Å². The number of para-hydroxylation sites is 1. The minimum atomic E-state index is 0.224. The first kappa shape index (κ1) is 11.1. The average molecular weight is 193 g/mol. The van der Waals surface area contributed by atoms with Gasteiger partial charge in [0.05, 0.1) is 0 Å². The fourth-order valence-electron chi connectivity index (χ4n) is 1.69. The molecule has 0 amide bonds. The van der Waals surface area contributed by atoms with Gasteiger partial charge >= 0.3 is 0 Å². The second-order valence-corrected chi connectivity index (χ2v) is 3.74. The second-order valence-electron chi connectivity index (χ2n) is 3.74. The van der Waals surface area contributed by atoms with Gasteiger partial charge in [-0.2, -0.15) is 0 Å². The van der Waals surface area contributed by atoms with Crippen LogP contribution in [0.4, 0.5) is 5.69 Å². The van der Waals surface area contributed by atoms with Gasteiger partial charge in [-0.05, 0) is 18.1 Å². The number of benzene rings is 1. The maximum absolute atomic E-state index is 9.27. The third kappa shape index (κ3) is 2.26. The summed E-state index contributed by atoms with van der Waals surface area (Å²) in [5.74, 6) is 0.258. The van der Waals surface area contributed by atoms with Crippen LogP contribution < -0.4 is 4.90 Å². The topological polar surface area (TPSA) is 23.5 Å². The highest BCUT2D eigenvalue weighted by Crippen LogP contribution is 2.28. The maximum atomic E-state index is 9.27. The molecule has 0 bridgehead atoms. The molecule has 0 spiro atoms. The fourth-order valence-corrected chi connectivity index (χ4v) is 1.69. The fraction of sp³-hybridized carbons (Fsp3) is 0.500. The van der Waals surface area contributed by atoms with Gasteiger partial charge in [0, 0.05) is 32.3 Å². The normalized spacial score (nSPS) is 12.6. The van der Waals surface area contributed by atoms with E-state index in [4.69, 9.17) is 0 Å². The van der Waals surface area contributed by atoms with Gasteiger partial charge in [-0.1, -0.05) is 25.1 Å². The lowest BCUT2D eigenvalue weighted by atomic mass is 9.95. The summed E-state index contributed by atoms with van der Waals surface area (Å²) in [4.78, 5) is 2.09. The van der Waals surface area contributed by atoms with Crippen LogP contribution in [0.2, 0.25) is 0 Å². The Kier molecular flexibility index (Phi) is 3.96. The first-order chi connectivity index (χ1) is 6.70. The first-order valence-corrected chi connectivity index (χ1v) is 5.07. The summed E-state index contributed by atoms with van der Waals surface area (Å²) in [6.45, 7) is 2.33. The number of aliphatic hydroxyl groups excluding tert-OH is 1. The van der Waals surface area contributed by atoms with Crippen LogP contribution in [0.25, 0.3) is 0 Å². The van der Waals surface area contributed by atoms with E-state index in [0.717, 1.165) is 6.42 Å². The van der Waals surface area contributed by atoms with Crippen LogP contribution in [0.1, 0.15) is 24.8 Å². The monoisotopic (exact) mass is 193 g/mol. The molecule has 0 aliphatic carbocycles. The maximum Gasteiger partial charge on any atom is 0.0500 e. The molecule has 1 aromatic rings. The molecule has 0 aliphatic rings. The minimum Gasteiger partial charge on any atom is -0.396 e. The van der Waals surface area contributed by atoms with Crippen molar-refractivity contribution < 1.29 is 5.11 Å². The highest BCUT2D eigenvalue weighted by molar-refractivity contribution is 5.54. The average Bonchev–Trinajstić information content (AvgIpc) is 2.20. The molecule has 2 heteroatoms. The Labute approximate surface area is 86.2 Å². The Balaban J connectivity index is 3.05. The molecule has 1 N–H and O–H groups in total. The number of hydrogen-bond acceptors (Lipinski definition) is 2. The van der Waals surface area contributed by atoms with Crippen LogP contribution in [0, 0.1) is 0 Å². The summed E-state index contributed by atoms with van der Waals surface area (Å²) in [5.41, 5.74) is 2.44. The van der Waals surface area contributed by atoms with E-state index >= 15 is 0 Å². The van der Waals surface area contributed by atoms with Gasteiger partial charge in [0.2, 0.25) is 0 Å². The Bertz CT molecular complexity index is 279. The third-order valence-electron chi connectivity index (χ3n) is 2.57. The Morgan fingerprint density at radius 2 is 1.93 bits per heavy atom. The Morgan fingerprint density at radius 1 is 1.29 bits per heavy atom. The number of anilines is 1. The molecule has 2 nitrogen and oxygen atoms in total. The van der Waals surface area contributed by atoms with Gasteiger partial charge in [0.25, 0.3) is 0 Å². The smallest absolute Gasteiger partial charge is 0.0500 e. The zero-order valence-corrected chi connectivity index (χ0v) is 9.20. The highest BCUT2D eigenvalue weighted by Gasteiger charge is 2.12. The van der Waals surface area contributed by atoms with Crippen molar-refractivity contribution in [3.8, 4) is 0 Å². The summed E-state index contributed by atoms with van der Waals surface area (Å²) >= 11 is 0. The number of rotatable bonds is 4. The molecule has 0 aliphatic heterocycles. The Morgan fingerprint density at radius 3 is 2.43 bits per heavy atom. The molecular weight excluding hydrogens is 174 g/mol. The summed E-state index contributed by atoms with van der Waals surface area (Å²) in [6.07, 6.45) is 0.974. The van der Waals surface area contributed by atoms with Gasteiger partial charge < -0.3 is 10.0 Å². The van der Waals surface area contributed by atoms with Crippen molar-refractivity contribution in [3.63, 3.8) is 0 Å². The van der Waals surface area contributed by atoms with Crippen LogP contribution in [-0.4, -0.2) is 25.8 Å². The van der Waals surface area contributed by atoms with Crippen molar-refractivity contribution in [1.82, 2.24) is 0 Å². The predicted octanol–water partition coefficient (Wildman–Crippen LogP) is 2.24. The lowest BCUT2D eigenvalue weighted by Gasteiger charge is -2.21. The summed E-state index contributed by atoms with van der Waals surface area (Å²) in [5, 5.41) is 9.27. The van der Waals surface area contributed by atoms with E-state index in [2.05, 4.69) is 24.0 Å². The van der Waals surface area contributed by atoms with Gasteiger partial charge in [-0.25, -0.2) is 0 Å². The van der Waals surface area contributed by atoms with E-state index in [1.54, 1.807) is 0 Å². The molecule has 0 aromatic heterocycles. The van der Waals surface area contributed by atoms with E-state index < -0.39 is 0 Å². The predicted molar refractivity (Wildman–Crippen MR) is 60.9 cm³/mol. The van der Waals surface area contributed by atoms with Gasteiger partial charge in [-0.3, -0.25) is 0 Å². The number of nitrogens with zero attached hydrogens (tertiary/aromatic N) is 1. The molecule has 1 aromatic carbocycles. The first-order valence-electron chi connectivity index (χ1n) is 5.07. The second kappa shape index (κ2) is 5.01. The van der Waals surface area contributed by atoms with Gasteiger partial charge in [-0.15, -0.1) is 0 Å². The van der Waals surface area contributed by atoms with Crippen LogP contribution >= 0.6 is 0 Å². The molecule has 0 radical (unpaired) electrons. The summed E-state index contributed by atoms with van der Waals surface area (Å²) in [6, 6.07) is 8.25. The molecule has 0 fully saturated rings. The van der Waals surface area contributed by atoms with Crippen molar-refractivity contribution in [1.29, 1.82) is 0 Å². The molecule has 78 valence electrons. The van der Waals surface area contributed by atoms with Gasteiger partial charge in [0.15, 0.2) is 0 Å². The number of hydrogen-bond donors (Lipinski definition) is 1. The van der Waals surface area contributed by atoms with Crippen molar-refractivity contribution >= 4 is 5.69 Å². The molecule has 14 heavy (non-hydrogen) atoms. The van der Waals surface area contributed by atoms with E-state index in [1.165, 1.54) is 11.3 Å². The zero-order chi connectivity index (χ0) is 10.6. The van der Waals surface area contributed by atoms with Crippen molar-refractivity contribution in [2.24, 2.45) is 0 Å². The molecule has 1 rings (SSSR count). The lowest BCUT2D eigenvalue weighted by molar-refractivity contribution is 0.262. The van der Waals surface area contributed by atoms with Crippen molar-refractivity contribution in [2.45, 2.75) is 19.3 Å². The van der Waals surface area contributed by atoms with E-state index in [0.29, 0.717) is 0 Å². The number of aliphatic hydroxyl groups is 1. The van der Waals surface area contributed by atoms with E-state index in [1.807, 2.05) is 26.2 Å². The Hall–Kier alpha value is -1.02. The third-order valence-corrected chi connectivity index (χ3v) is 2.57. The largest absolute Gasteiger partial charge is 0.396 e. The van der Waals surface area contributed by atoms with Crippen LogP contribution in [-0.2, 0) is 0 Å². The van der Waals surface area contributed by atoms with Crippen molar-refractivity contribution in [2.75, 3.05) is 25.6 Å². The lowest BCUT2D eigenvalue weighted by Crippen LogP contribution is -2.14. The minimum absolute atomic E-state index is 0.224. The molecule has 0 saturated heterocycles. The highest BCUT2D eigenvalue weighted by atomic mass is 16.3. The van der Waals surface area contributed by atoms with Crippen LogP contribution in [0.3, 0.4) is 0 Å². The molecule has 1 unspecified atom stereocenters. The van der Waals surface area contributed by atoms with Gasteiger partial charge in [0.1, 0.15) is 0 Å². The molecular formula is C12H19NO. The molecule has 0 saturated carbocycles. The zero-order valence-electron chi connectivity index (χ0n) is 9.20. The van der Waals surface area contributed by atoms with E-state index in [9.17, 15) is 5.11 Å². The van der Waals surface area contributed by atoms with Crippen molar-refractivity contribution in [3.05, 3.63) is 29.8 Å². The quantitative estimate of drug-likeness (QED) is 0.792. The summed E-state index contributed by atoms with van der Waals surface area (Å²) < 4.78 is 0.